The van der Waals surface area contributed by atoms with Crippen molar-refractivity contribution in [1.82, 2.24) is 0 Å². The predicted molar refractivity (Wildman–Crippen MR) is 247 cm³/mol. The fraction of sp³-hybridized carbons (Fsp3) is 0.788. The summed E-state index contributed by atoms with van der Waals surface area (Å²) in [4.78, 5) is 37.8. The van der Waals surface area contributed by atoms with Crippen LogP contribution in [0, 0.1) is 0 Å². The van der Waals surface area contributed by atoms with Crippen molar-refractivity contribution in [2.24, 2.45) is 0 Å². The summed E-state index contributed by atoms with van der Waals surface area (Å²) in [7, 11) is 0. The molecule has 6 nitrogen and oxygen atoms in total. The highest BCUT2D eigenvalue weighted by Gasteiger charge is 2.19. The Balaban J connectivity index is 4.41. The molecule has 0 heterocycles. The normalized spacial score (nSPS) is 12.4. The molecule has 1 atom stereocenters. The molecule has 0 rings (SSSR count). The average Bonchev–Trinajstić information content (AvgIpc) is 3.22. The maximum absolute atomic E-state index is 12.8. The summed E-state index contributed by atoms with van der Waals surface area (Å²) in [6.07, 6.45) is 55.2. The molecule has 0 saturated heterocycles. The highest BCUT2D eigenvalue weighted by Crippen LogP contribution is 2.14. The minimum Gasteiger partial charge on any atom is -0.462 e. The van der Waals surface area contributed by atoms with Gasteiger partial charge in [0.1, 0.15) is 13.2 Å². The second-order valence-corrected chi connectivity index (χ2v) is 16.4. The van der Waals surface area contributed by atoms with Gasteiger partial charge in [0.15, 0.2) is 6.10 Å². The van der Waals surface area contributed by atoms with Crippen molar-refractivity contribution in [3.63, 3.8) is 0 Å². The fourth-order valence-electron chi connectivity index (χ4n) is 6.78. The van der Waals surface area contributed by atoms with Gasteiger partial charge in [-0.1, -0.05) is 198 Å². The molecule has 0 fully saturated rings. The van der Waals surface area contributed by atoms with Gasteiger partial charge >= 0.3 is 17.9 Å². The first-order valence-corrected chi connectivity index (χ1v) is 24.6. The van der Waals surface area contributed by atoms with Crippen molar-refractivity contribution in [3.8, 4) is 0 Å². The van der Waals surface area contributed by atoms with E-state index in [1.165, 1.54) is 116 Å². The van der Waals surface area contributed by atoms with Crippen molar-refractivity contribution < 1.29 is 28.6 Å². The Bertz CT molecular complexity index is 1030. The Labute approximate surface area is 358 Å². The summed E-state index contributed by atoms with van der Waals surface area (Å²) >= 11 is 0. The first-order valence-electron chi connectivity index (χ1n) is 24.6. The molecular formula is C52H92O6. The predicted octanol–water partition coefficient (Wildman–Crippen LogP) is 15.9. The molecule has 0 aliphatic carbocycles. The number of rotatable bonds is 44. The zero-order valence-corrected chi connectivity index (χ0v) is 38.3. The lowest BCUT2D eigenvalue weighted by molar-refractivity contribution is -0.167. The van der Waals surface area contributed by atoms with Gasteiger partial charge in [0, 0.05) is 19.3 Å². The first-order chi connectivity index (χ1) is 28.5. The molecule has 0 aliphatic heterocycles. The van der Waals surface area contributed by atoms with E-state index in [-0.39, 0.29) is 31.1 Å². The van der Waals surface area contributed by atoms with Crippen LogP contribution in [-0.2, 0) is 28.6 Å². The summed E-state index contributed by atoms with van der Waals surface area (Å²) in [5.41, 5.74) is 0. The molecule has 0 unspecified atom stereocenters. The average molecular weight is 813 g/mol. The Kier molecular flexibility index (Phi) is 44.9. The van der Waals surface area contributed by atoms with E-state index in [0.29, 0.717) is 19.3 Å². The summed E-state index contributed by atoms with van der Waals surface area (Å²) in [5, 5.41) is 0. The zero-order valence-electron chi connectivity index (χ0n) is 38.3. The van der Waals surface area contributed by atoms with Gasteiger partial charge in [0.25, 0.3) is 0 Å². The summed E-state index contributed by atoms with van der Waals surface area (Å²) in [6.45, 7) is 6.54. The van der Waals surface area contributed by atoms with Crippen molar-refractivity contribution in [1.29, 1.82) is 0 Å². The quantitative estimate of drug-likeness (QED) is 0.0264. The molecule has 0 spiro atoms. The van der Waals surface area contributed by atoms with Crippen LogP contribution >= 0.6 is 0 Å². The number of unbranched alkanes of at least 4 members (excludes halogenated alkanes) is 25. The van der Waals surface area contributed by atoms with Gasteiger partial charge in [-0.05, 0) is 77.0 Å². The van der Waals surface area contributed by atoms with E-state index in [9.17, 15) is 14.4 Å². The summed E-state index contributed by atoms with van der Waals surface area (Å²) in [6, 6.07) is 0. The van der Waals surface area contributed by atoms with E-state index >= 15 is 0 Å². The Morgan fingerprint density at radius 1 is 0.345 bits per heavy atom. The number of ether oxygens (including phenoxy) is 3. The van der Waals surface area contributed by atoms with Crippen LogP contribution in [0.5, 0.6) is 0 Å². The number of carbonyl (C=O) groups is 3. The maximum Gasteiger partial charge on any atom is 0.306 e. The number of hydrogen-bond donors (Lipinski definition) is 0. The second kappa shape index (κ2) is 47.1. The van der Waals surface area contributed by atoms with Crippen LogP contribution in [0.3, 0.4) is 0 Å². The lowest BCUT2D eigenvalue weighted by Gasteiger charge is -2.18. The monoisotopic (exact) mass is 813 g/mol. The minimum absolute atomic E-state index is 0.0831. The smallest absolute Gasteiger partial charge is 0.306 e. The molecule has 336 valence electrons. The van der Waals surface area contributed by atoms with E-state index in [4.69, 9.17) is 14.2 Å². The van der Waals surface area contributed by atoms with Gasteiger partial charge < -0.3 is 14.2 Å². The van der Waals surface area contributed by atoms with E-state index in [1.807, 2.05) is 0 Å². The topological polar surface area (TPSA) is 78.9 Å². The molecule has 6 heteroatoms. The van der Waals surface area contributed by atoms with Crippen LogP contribution in [-0.4, -0.2) is 37.2 Å². The van der Waals surface area contributed by atoms with E-state index in [0.717, 1.165) is 89.9 Å². The van der Waals surface area contributed by atoms with Gasteiger partial charge in [0.2, 0.25) is 0 Å². The lowest BCUT2D eigenvalue weighted by atomic mass is 10.0. The largest absolute Gasteiger partial charge is 0.462 e. The van der Waals surface area contributed by atoms with Crippen LogP contribution < -0.4 is 0 Å². The Hall–Kier alpha value is -2.63. The molecule has 0 aromatic rings. The molecule has 0 amide bonds. The molecule has 0 aromatic carbocycles. The third-order valence-corrected chi connectivity index (χ3v) is 10.6. The molecule has 0 radical (unpaired) electrons. The van der Waals surface area contributed by atoms with Gasteiger partial charge in [-0.15, -0.1) is 0 Å². The fourth-order valence-corrected chi connectivity index (χ4v) is 6.78. The second-order valence-electron chi connectivity index (χ2n) is 16.4. The number of allylic oxidation sites excluding steroid dienone is 8. The zero-order chi connectivity index (χ0) is 42.3. The Morgan fingerprint density at radius 3 is 1.07 bits per heavy atom. The van der Waals surface area contributed by atoms with E-state index in [2.05, 4.69) is 69.4 Å². The lowest BCUT2D eigenvalue weighted by Crippen LogP contribution is -2.30. The molecule has 0 aliphatic rings. The standard InChI is InChI=1S/C52H92O6/c1-4-7-10-13-16-19-22-24-25-26-27-28-31-34-37-40-43-46-52(55)58-49(47-56-50(53)44-41-38-35-32-29-21-18-15-12-9-6-3)48-57-51(54)45-42-39-36-33-30-23-20-17-14-11-8-5-2/h15-16,18-19,24-25,27-28,49H,4-14,17,20-23,26,29-48H2,1-3H3/b18-15-,19-16-,25-24-,28-27-/t49-/m1/s1. The van der Waals surface area contributed by atoms with Crippen LogP contribution in [0.15, 0.2) is 48.6 Å². The van der Waals surface area contributed by atoms with Crippen molar-refractivity contribution in [2.45, 2.75) is 252 Å². The van der Waals surface area contributed by atoms with Crippen LogP contribution in [0.25, 0.3) is 0 Å². The molecule has 0 saturated carbocycles. The van der Waals surface area contributed by atoms with E-state index in [1.54, 1.807) is 0 Å². The third kappa shape index (κ3) is 44.5. The summed E-state index contributed by atoms with van der Waals surface area (Å²) < 4.78 is 16.7. The van der Waals surface area contributed by atoms with Gasteiger partial charge in [-0.3, -0.25) is 14.4 Å². The number of esters is 3. The Morgan fingerprint density at radius 2 is 0.638 bits per heavy atom. The minimum atomic E-state index is -0.784. The van der Waals surface area contributed by atoms with Crippen molar-refractivity contribution in [2.75, 3.05) is 13.2 Å². The van der Waals surface area contributed by atoms with Gasteiger partial charge in [-0.25, -0.2) is 0 Å². The number of carbonyl (C=O) groups excluding carboxylic acids is 3. The van der Waals surface area contributed by atoms with Crippen LogP contribution in [0.1, 0.15) is 245 Å². The van der Waals surface area contributed by atoms with Crippen molar-refractivity contribution >= 4 is 17.9 Å². The molecular weight excluding hydrogens is 721 g/mol. The molecule has 0 N–H and O–H groups in total. The molecule has 0 bridgehead atoms. The SMILES string of the molecule is CCCC/C=C\CCCCCCCC(=O)OC[C@H](COC(=O)CCCCCCCCCCCCCC)OC(=O)CCCCCC/C=C\C/C=C\C/C=C\CCCCC. The third-order valence-electron chi connectivity index (χ3n) is 10.6. The van der Waals surface area contributed by atoms with Gasteiger partial charge in [0.05, 0.1) is 0 Å². The number of hydrogen-bond acceptors (Lipinski definition) is 6. The van der Waals surface area contributed by atoms with Gasteiger partial charge in [-0.2, -0.15) is 0 Å². The van der Waals surface area contributed by atoms with E-state index < -0.39 is 6.10 Å². The van der Waals surface area contributed by atoms with Crippen LogP contribution in [0.2, 0.25) is 0 Å². The maximum atomic E-state index is 12.8. The van der Waals surface area contributed by atoms with Crippen molar-refractivity contribution in [3.05, 3.63) is 48.6 Å². The summed E-state index contributed by atoms with van der Waals surface area (Å²) in [5.74, 6) is -0.912. The molecule has 58 heavy (non-hydrogen) atoms. The highest BCUT2D eigenvalue weighted by molar-refractivity contribution is 5.71. The molecule has 0 aromatic heterocycles. The van der Waals surface area contributed by atoms with Crippen LogP contribution in [0.4, 0.5) is 0 Å². The highest BCUT2D eigenvalue weighted by atomic mass is 16.6. The first kappa shape index (κ1) is 55.4.